The third-order valence-electron chi connectivity index (χ3n) is 3.88. The number of benzene rings is 2. The van der Waals surface area contributed by atoms with Crippen LogP contribution >= 0.6 is 0 Å². The quantitative estimate of drug-likeness (QED) is 0.779. The maximum absolute atomic E-state index is 12.3. The molecule has 1 amide bonds. The molecule has 0 aromatic heterocycles. The van der Waals surface area contributed by atoms with Crippen LogP contribution in [-0.2, 0) is 4.79 Å². The largest absolute Gasteiger partial charge is 0.457 e. The van der Waals surface area contributed by atoms with Crippen LogP contribution in [0.2, 0.25) is 0 Å². The Labute approximate surface area is 144 Å². The van der Waals surface area contributed by atoms with Crippen molar-refractivity contribution in [3.05, 3.63) is 54.6 Å². The van der Waals surface area contributed by atoms with Crippen molar-refractivity contribution in [1.82, 2.24) is 0 Å². The summed E-state index contributed by atoms with van der Waals surface area (Å²) in [5, 5.41) is 5.07. The highest BCUT2D eigenvalue weighted by molar-refractivity contribution is 5.93. The zero-order chi connectivity index (χ0) is 17.4. The molecule has 0 fully saturated rings. The lowest BCUT2D eigenvalue weighted by Crippen LogP contribution is -2.95. The van der Waals surface area contributed by atoms with E-state index in [0.717, 1.165) is 30.0 Å². The maximum atomic E-state index is 12.3. The Bertz CT molecular complexity index is 626. The van der Waals surface area contributed by atoms with Gasteiger partial charge in [-0.2, -0.15) is 0 Å². The molecule has 0 unspecified atom stereocenters. The van der Waals surface area contributed by atoms with E-state index >= 15 is 0 Å². The van der Waals surface area contributed by atoms with Crippen LogP contribution in [0.5, 0.6) is 11.5 Å². The van der Waals surface area contributed by atoms with Crippen LogP contribution in [0, 0.1) is 0 Å². The minimum Gasteiger partial charge on any atom is -0.457 e. The van der Waals surface area contributed by atoms with Gasteiger partial charge in [-0.3, -0.25) is 4.79 Å². The van der Waals surface area contributed by atoms with Crippen molar-refractivity contribution in [2.75, 3.05) is 5.32 Å². The number of quaternary nitrogens is 1. The Morgan fingerprint density at radius 3 is 2.29 bits per heavy atom. The third kappa shape index (κ3) is 5.70. The molecule has 0 bridgehead atoms. The Morgan fingerprint density at radius 2 is 1.67 bits per heavy atom. The Kier molecular flexibility index (Phi) is 6.82. The number of para-hydroxylation sites is 1. The first-order valence-electron chi connectivity index (χ1n) is 8.57. The van der Waals surface area contributed by atoms with Crippen molar-refractivity contribution >= 4 is 11.6 Å². The zero-order valence-electron chi connectivity index (χ0n) is 14.7. The smallest absolute Gasteiger partial charge is 0.282 e. The summed E-state index contributed by atoms with van der Waals surface area (Å²) in [6, 6.07) is 17.4. The molecule has 0 spiro atoms. The molecule has 0 radical (unpaired) electrons. The molecule has 2 aromatic carbocycles. The molecule has 0 aliphatic carbocycles. The van der Waals surface area contributed by atoms with Crippen molar-refractivity contribution in [3.8, 4) is 11.5 Å². The Balaban J connectivity index is 1.88. The summed E-state index contributed by atoms with van der Waals surface area (Å²) >= 11 is 0. The number of hydrogen-bond acceptors (Lipinski definition) is 2. The molecule has 0 aliphatic rings. The maximum Gasteiger partial charge on any atom is 0.282 e. The first-order valence-corrected chi connectivity index (χ1v) is 8.57. The van der Waals surface area contributed by atoms with Gasteiger partial charge in [-0.25, -0.2) is 0 Å². The Morgan fingerprint density at radius 1 is 1.04 bits per heavy atom. The normalized spacial score (nSPS) is 13.1. The number of nitrogens with one attached hydrogen (secondary N) is 1. The van der Waals surface area contributed by atoms with E-state index in [2.05, 4.69) is 24.5 Å². The lowest BCUT2D eigenvalue weighted by molar-refractivity contribution is -0.703. The minimum atomic E-state index is -0.105. The highest BCUT2D eigenvalue weighted by Crippen LogP contribution is 2.22. The monoisotopic (exact) mass is 327 g/mol. The molecule has 0 heterocycles. The second-order valence-corrected chi connectivity index (χ2v) is 6.18. The van der Waals surface area contributed by atoms with E-state index < -0.39 is 0 Å². The van der Waals surface area contributed by atoms with E-state index in [0.29, 0.717) is 6.04 Å². The van der Waals surface area contributed by atoms with Crippen molar-refractivity contribution in [3.63, 3.8) is 0 Å². The number of hydrogen-bond donors (Lipinski definition) is 2. The summed E-state index contributed by atoms with van der Waals surface area (Å²) in [6.07, 6.45) is 2.25. The average Bonchev–Trinajstić information content (AvgIpc) is 2.57. The van der Waals surface area contributed by atoms with Gasteiger partial charge in [0.05, 0.1) is 6.04 Å². The van der Waals surface area contributed by atoms with Crippen molar-refractivity contribution in [1.29, 1.82) is 0 Å². The first kappa shape index (κ1) is 18.0. The second-order valence-electron chi connectivity index (χ2n) is 6.18. The molecule has 0 saturated heterocycles. The lowest BCUT2D eigenvalue weighted by Gasteiger charge is -2.16. The van der Waals surface area contributed by atoms with Gasteiger partial charge in [0.15, 0.2) is 6.04 Å². The standard InChI is InChI=1S/C20H26N2O2/c1-4-8-15(2)21-16(3)20(23)22-17-11-13-19(14-12-17)24-18-9-6-5-7-10-18/h5-7,9-16,21H,4,8H2,1-3H3,(H,22,23)/p+1/t15-,16+/m0/s1. The first-order chi connectivity index (χ1) is 11.6. The zero-order valence-corrected chi connectivity index (χ0v) is 14.7. The molecule has 2 aromatic rings. The van der Waals surface area contributed by atoms with E-state index in [1.807, 2.05) is 61.5 Å². The number of carbonyl (C=O) groups is 1. The van der Waals surface area contributed by atoms with Crippen LogP contribution in [-0.4, -0.2) is 18.0 Å². The number of rotatable bonds is 8. The number of ether oxygens (including phenoxy) is 1. The van der Waals surface area contributed by atoms with Crippen molar-refractivity contribution in [2.24, 2.45) is 0 Å². The molecule has 4 nitrogen and oxygen atoms in total. The van der Waals surface area contributed by atoms with Gasteiger partial charge in [-0.15, -0.1) is 0 Å². The molecule has 3 N–H and O–H groups in total. The van der Waals surface area contributed by atoms with Gasteiger partial charge in [0.1, 0.15) is 11.5 Å². The van der Waals surface area contributed by atoms with E-state index in [1.165, 1.54) is 0 Å². The predicted octanol–water partition coefficient (Wildman–Crippen LogP) is 3.56. The summed E-state index contributed by atoms with van der Waals surface area (Å²) in [7, 11) is 0. The second kappa shape index (κ2) is 9.08. The van der Waals surface area contributed by atoms with Gasteiger partial charge in [-0.1, -0.05) is 31.5 Å². The van der Waals surface area contributed by atoms with Gasteiger partial charge >= 0.3 is 0 Å². The van der Waals surface area contributed by atoms with Gasteiger partial charge in [-0.05, 0) is 56.7 Å². The van der Waals surface area contributed by atoms with Gasteiger partial charge < -0.3 is 15.4 Å². The van der Waals surface area contributed by atoms with Gasteiger partial charge in [0.25, 0.3) is 5.91 Å². The van der Waals surface area contributed by atoms with Crippen molar-refractivity contribution < 1.29 is 14.8 Å². The number of nitrogens with two attached hydrogens (primary N) is 1. The molecule has 2 atom stereocenters. The minimum absolute atomic E-state index is 0.0229. The summed E-state index contributed by atoms with van der Waals surface area (Å²) in [6.45, 7) is 6.26. The number of carbonyl (C=O) groups excluding carboxylic acids is 1. The molecule has 4 heteroatoms. The predicted molar refractivity (Wildman–Crippen MR) is 97.3 cm³/mol. The van der Waals surface area contributed by atoms with E-state index in [1.54, 1.807) is 0 Å². The van der Waals surface area contributed by atoms with Gasteiger partial charge in [0.2, 0.25) is 0 Å². The molecular formula is C20H27N2O2+. The average molecular weight is 327 g/mol. The SMILES string of the molecule is CCC[C@H](C)[NH2+][C@H](C)C(=O)Nc1ccc(Oc2ccccc2)cc1. The Hall–Kier alpha value is -2.33. The molecule has 128 valence electrons. The summed E-state index contributed by atoms with van der Waals surface area (Å²) in [4.78, 5) is 12.3. The highest BCUT2D eigenvalue weighted by atomic mass is 16.5. The summed E-state index contributed by atoms with van der Waals surface area (Å²) < 4.78 is 5.75. The molecular weight excluding hydrogens is 300 g/mol. The van der Waals surface area contributed by atoms with Crippen LogP contribution < -0.4 is 15.4 Å². The fourth-order valence-corrected chi connectivity index (χ4v) is 2.62. The van der Waals surface area contributed by atoms with E-state index in [4.69, 9.17) is 4.74 Å². The van der Waals surface area contributed by atoms with Crippen LogP contribution in [0.15, 0.2) is 54.6 Å². The van der Waals surface area contributed by atoms with Crippen LogP contribution in [0.3, 0.4) is 0 Å². The molecule has 2 rings (SSSR count). The molecule has 0 saturated carbocycles. The number of anilines is 1. The van der Waals surface area contributed by atoms with Crippen LogP contribution in [0.1, 0.15) is 33.6 Å². The topological polar surface area (TPSA) is 54.9 Å². The fourth-order valence-electron chi connectivity index (χ4n) is 2.62. The van der Waals surface area contributed by atoms with Crippen molar-refractivity contribution in [2.45, 2.75) is 45.7 Å². The molecule has 0 aliphatic heterocycles. The van der Waals surface area contributed by atoms with Gasteiger partial charge in [0, 0.05) is 5.69 Å². The summed E-state index contributed by atoms with van der Waals surface area (Å²) in [5.74, 6) is 1.56. The third-order valence-corrected chi connectivity index (χ3v) is 3.88. The number of amides is 1. The summed E-state index contributed by atoms with van der Waals surface area (Å²) in [5.41, 5.74) is 0.781. The van der Waals surface area contributed by atoms with Crippen LogP contribution in [0.25, 0.3) is 0 Å². The highest BCUT2D eigenvalue weighted by Gasteiger charge is 2.18. The fraction of sp³-hybridized carbons (Fsp3) is 0.350. The van der Waals surface area contributed by atoms with Crippen LogP contribution in [0.4, 0.5) is 5.69 Å². The molecule has 24 heavy (non-hydrogen) atoms. The van der Waals surface area contributed by atoms with E-state index in [-0.39, 0.29) is 11.9 Å². The lowest BCUT2D eigenvalue weighted by atomic mass is 10.1. The van der Waals surface area contributed by atoms with E-state index in [9.17, 15) is 4.79 Å².